The van der Waals surface area contributed by atoms with Crippen molar-refractivity contribution in [2.45, 2.75) is 0 Å². The van der Waals surface area contributed by atoms with Gasteiger partial charge in [0, 0.05) is 17.3 Å². The van der Waals surface area contributed by atoms with Crippen molar-refractivity contribution in [1.29, 1.82) is 0 Å². The summed E-state index contributed by atoms with van der Waals surface area (Å²) in [5.41, 5.74) is 0.761. The molecule has 0 spiro atoms. The van der Waals surface area contributed by atoms with Gasteiger partial charge in [-0.05, 0) is 29.8 Å². The smallest absolute Gasteiger partial charge is 0.335 e. The number of carboxylic acids is 1. The van der Waals surface area contributed by atoms with Gasteiger partial charge in [-0.1, -0.05) is 29.8 Å². The molecular formula is C15H11ClN2O3. The molecule has 0 atom stereocenters. The standard InChI is InChI=1S/C15H11ClN2O3/c16-12-4-2-1-3-10(12)5-6-14(19)18-13-9-11(15(20)21)7-8-17-13/h1-9H,(H,20,21)(H,17,18,19). The molecule has 2 aromatic rings. The summed E-state index contributed by atoms with van der Waals surface area (Å²) in [5, 5.41) is 11.9. The zero-order chi connectivity index (χ0) is 15.2. The van der Waals surface area contributed by atoms with Gasteiger partial charge in [0.1, 0.15) is 5.82 Å². The molecule has 106 valence electrons. The Morgan fingerprint density at radius 2 is 2.00 bits per heavy atom. The minimum Gasteiger partial charge on any atom is -0.478 e. The molecule has 5 nitrogen and oxygen atoms in total. The van der Waals surface area contributed by atoms with Gasteiger partial charge in [-0.25, -0.2) is 9.78 Å². The quantitative estimate of drug-likeness (QED) is 0.851. The summed E-state index contributed by atoms with van der Waals surface area (Å²) in [5.74, 6) is -1.34. The number of aromatic nitrogens is 1. The molecule has 1 amide bonds. The van der Waals surface area contributed by atoms with Crippen molar-refractivity contribution >= 4 is 35.4 Å². The van der Waals surface area contributed by atoms with E-state index in [1.807, 2.05) is 0 Å². The lowest BCUT2D eigenvalue weighted by Crippen LogP contribution is -2.10. The normalized spacial score (nSPS) is 10.5. The maximum Gasteiger partial charge on any atom is 0.335 e. The Morgan fingerprint density at radius 1 is 1.24 bits per heavy atom. The average molecular weight is 303 g/mol. The van der Waals surface area contributed by atoms with Crippen LogP contribution in [0.2, 0.25) is 5.02 Å². The minimum atomic E-state index is -1.08. The van der Waals surface area contributed by atoms with Crippen molar-refractivity contribution in [2.75, 3.05) is 5.32 Å². The van der Waals surface area contributed by atoms with Crippen molar-refractivity contribution < 1.29 is 14.7 Å². The van der Waals surface area contributed by atoms with E-state index in [1.54, 1.807) is 30.3 Å². The molecule has 0 aliphatic rings. The number of pyridine rings is 1. The molecule has 21 heavy (non-hydrogen) atoms. The second-order valence-corrected chi connectivity index (χ2v) is 4.49. The highest BCUT2D eigenvalue weighted by atomic mass is 35.5. The van der Waals surface area contributed by atoms with Crippen LogP contribution < -0.4 is 5.32 Å². The van der Waals surface area contributed by atoms with Crippen LogP contribution in [0, 0.1) is 0 Å². The van der Waals surface area contributed by atoms with Crippen LogP contribution in [0.5, 0.6) is 0 Å². The molecule has 0 fully saturated rings. The third-order valence-corrected chi connectivity index (χ3v) is 2.92. The van der Waals surface area contributed by atoms with Crippen LogP contribution in [0.4, 0.5) is 5.82 Å². The Balaban J connectivity index is 2.07. The van der Waals surface area contributed by atoms with Crippen LogP contribution in [-0.4, -0.2) is 22.0 Å². The van der Waals surface area contributed by atoms with Crippen molar-refractivity contribution in [3.63, 3.8) is 0 Å². The van der Waals surface area contributed by atoms with E-state index < -0.39 is 11.9 Å². The molecule has 0 saturated heterocycles. The largest absolute Gasteiger partial charge is 0.478 e. The predicted octanol–water partition coefficient (Wildman–Crippen LogP) is 3.09. The van der Waals surface area contributed by atoms with Gasteiger partial charge in [-0.3, -0.25) is 4.79 Å². The molecule has 0 saturated carbocycles. The Hall–Kier alpha value is -2.66. The van der Waals surface area contributed by atoms with Crippen LogP contribution in [0.25, 0.3) is 6.08 Å². The van der Waals surface area contributed by atoms with Gasteiger partial charge in [0.05, 0.1) is 5.56 Å². The van der Waals surface area contributed by atoms with E-state index in [0.29, 0.717) is 10.6 Å². The molecule has 1 heterocycles. The molecule has 1 aromatic heterocycles. The molecule has 1 aromatic carbocycles. The van der Waals surface area contributed by atoms with Crippen molar-refractivity contribution in [3.8, 4) is 0 Å². The van der Waals surface area contributed by atoms with Gasteiger partial charge in [0.15, 0.2) is 0 Å². The molecule has 2 rings (SSSR count). The third-order valence-electron chi connectivity index (χ3n) is 2.58. The Bertz CT molecular complexity index is 714. The van der Waals surface area contributed by atoms with E-state index >= 15 is 0 Å². The van der Waals surface area contributed by atoms with Crippen LogP contribution in [0.3, 0.4) is 0 Å². The molecule has 2 N–H and O–H groups in total. The lowest BCUT2D eigenvalue weighted by atomic mass is 10.2. The number of hydrogen-bond donors (Lipinski definition) is 2. The number of carbonyl (C=O) groups is 2. The number of carbonyl (C=O) groups excluding carboxylic acids is 1. The van der Waals surface area contributed by atoms with E-state index in [9.17, 15) is 9.59 Å². The van der Waals surface area contributed by atoms with Gasteiger partial charge in [-0.15, -0.1) is 0 Å². The first-order valence-electron chi connectivity index (χ1n) is 5.99. The van der Waals surface area contributed by atoms with E-state index in [-0.39, 0.29) is 11.4 Å². The summed E-state index contributed by atoms with van der Waals surface area (Å²) in [7, 11) is 0. The molecular weight excluding hydrogens is 292 g/mol. The molecule has 6 heteroatoms. The van der Waals surface area contributed by atoms with Gasteiger partial charge >= 0.3 is 5.97 Å². The predicted molar refractivity (Wildman–Crippen MR) is 80.3 cm³/mol. The van der Waals surface area contributed by atoms with Crippen LogP contribution >= 0.6 is 11.6 Å². The highest BCUT2D eigenvalue weighted by Gasteiger charge is 2.05. The summed E-state index contributed by atoms with van der Waals surface area (Å²) >= 11 is 5.96. The highest BCUT2D eigenvalue weighted by molar-refractivity contribution is 6.32. The number of nitrogens with zero attached hydrogens (tertiary/aromatic N) is 1. The third kappa shape index (κ3) is 4.15. The fraction of sp³-hybridized carbons (Fsp3) is 0. The Morgan fingerprint density at radius 3 is 2.71 bits per heavy atom. The Kier molecular flexibility index (Phi) is 4.68. The second kappa shape index (κ2) is 6.67. The number of nitrogens with one attached hydrogen (secondary N) is 1. The van der Waals surface area contributed by atoms with E-state index in [2.05, 4.69) is 10.3 Å². The first-order valence-corrected chi connectivity index (χ1v) is 6.37. The maximum atomic E-state index is 11.7. The number of aromatic carboxylic acids is 1. The van der Waals surface area contributed by atoms with Gasteiger partial charge < -0.3 is 10.4 Å². The number of carboxylic acid groups (broad SMARTS) is 1. The van der Waals surface area contributed by atoms with Crippen molar-refractivity contribution in [3.05, 3.63) is 64.8 Å². The summed E-state index contributed by atoms with van der Waals surface area (Å²) in [6.07, 6.45) is 4.19. The van der Waals surface area contributed by atoms with Crippen molar-refractivity contribution in [2.24, 2.45) is 0 Å². The molecule has 0 aliphatic heterocycles. The monoisotopic (exact) mass is 302 g/mol. The lowest BCUT2D eigenvalue weighted by molar-refractivity contribution is -0.111. The number of amides is 1. The number of benzene rings is 1. The van der Waals surface area contributed by atoms with Crippen LogP contribution in [0.1, 0.15) is 15.9 Å². The van der Waals surface area contributed by atoms with E-state index in [0.717, 1.165) is 0 Å². The maximum absolute atomic E-state index is 11.7. The zero-order valence-corrected chi connectivity index (χ0v) is 11.5. The minimum absolute atomic E-state index is 0.0513. The van der Waals surface area contributed by atoms with Gasteiger partial charge in [0.2, 0.25) is 5.91 Å². The fourth-order valence-corrected chi connectivity index (χ4v) is 1.77. The van der Waals surface area contributed by atoms with Gasteiger partial charge in [-0.2, -0.15) is 0 Å². The van der Waals surface area contributed by atoms with Crippen LogP contribution in [-0.2, 0) is 4.79 Å². The summed E-state index contributed by atoms with van der Waals surface area (Å²) in [4.78, 5) is 26.4. The van der Waals surface area contributed by atoms with E-state index in [1.165, 1.54) is 24.4 Å². The molecule has 0 aliphatic carbocycles. The molecule has 0 bridgehead atoms. The highest BCUT2D eigenvalue weighted by Crippen LogP contribution is 2.16. The molecule has 0 unspecified atom stereocenters. The average Bonchev–Trinajstić information content (AvgIpc) is 2.46. The number of rotatable bonds is 4. The van der Waals surface area contributed by atoms with E-state index in [4.69, 9.17) is 16.7 Å². The number of anilines is 1. The second-order valence-electron chi connectivity index (χ2n) is 4.08. The van der Waals surface area contributed by atoms with Crippen LogP contribution in [0.15, 0.2) is 48.7 Å². The zero-order valence-electron chi connectivity index (χ0n) is 10.8. The first kappa shape index (κ1) is 14.7. The molecule has 0 radical (unpaired) electrons. The lowest BCUT2D eigenvalue weighted by Gasteiger charge is -2.02. The fourth-order valence-electron chi connectivity index (χ4n) is 1.58. The SMILES string of the molecule is O=C(C=Cc1ccccc1Cl)Nc1cc(C(=O)O)ccn1. The first-order chi connectivity index (χ1) is 10.1. The number of hydrogen-bond acceptors (Lipinski definition) is 3. The summed E-state index contributed by atoms with van der Waals surface area (Å²) < 4.78 is 0. The van der Waals surface area contributed by atoms with Gasteiger partial charge in [0.25, 0.3) is 0 Å². The van der Waals surface area contributed by atoms with Crippen molar-refractivity contribution in [1.82, 2.24) is 4.98 Å². The Labute approximate surface area is 125 Å². The summed E-state index contributed by atoms with van der Waals surface area (Å²) in [6, 6.07) is 9.72. The summed E-state index contributed by atoms with van der Waals surface area (Å²) in [6.45, 7) is 0. The topological polar surface area (TPSA) is 79.3 Å². The number of halogens is 1.